The van der Waals surface area contributed by atoms with Gasteiger partial charge in [0.1, 0.15) is 12.4 Å². The van der Waals surface area contributed by atoms with Crippen molar-refractivity contribution in [3.63, 3.8) is 0 Å². The second kappa shape index (κ2) is 6.78. The van der Waals surface area contributed by atoms with E-state index < -0.39 is 22.5 Å². The van der Waals surface area contributed by atoms with Gasteiger partial charge < -0.3 is 14.1 Å². The second-order valence-corrected chi connectivity index (χ2v) is 7.40. The minimum atomic E-state index is -4.85. The van der Waals surface area contributed by atoms with Crippen LogP contribution in [-0.2, 0) is 32.4 Å². The van der Waals surface area contributed by atoms with Gasteiger partial charge in [0, 0.05) is 6.54 Å². The molecule has 14 heteroatoms. The first-order valence-corrected chi connectivity index (χ1v) is 9.43. The highest BCUT2D eigenvalue weighted by Gasteiger charge is 2.48. The Kier molecular flexibility index (Phi) is 4.86. The highest BCUT2D eigenvalue weighted by molar-refractivity contribution is 7.80. The van der Waals surface area contributed by atoms with Crippen molar-refractivity contribution in [3.8, 4) is 0 Å². The highest BCUT2D eigenvalue weighted by atomic mass is 32.3. The lowest BCUT2D eigenvalue weighted by Crippen LogP contribution is -2.33. The fourth-order valence-corrected chi connectivity index (χ4v) is 4.34. The first-order valence-electron chi connectivity index (χ1n) is 7.25. The van der Waals surface area contributed by atoms with Gasteiger partial charge in [0.05, 0.1) is 23.7 Å². The minimum Gasteiger partial charge on any atom is -0.556 e. The summed E-state index contributed by atoms with van der Waals surface area (Å²) < 4.78 is 41.4. The molecule has 11 nitrogen and oxygen atoms in total. The molecule has 25 heavy (non-hydrogen) atoms. The van der Waals surface area contributed by atoms with Gasteiger partial charge in [-0.3, -0.25) is 14.8 Å². The first-order chi connectivity index (χ1) is 11.8. The summed E-state index contributed by atoms with van der Waals surface area (Å²) in [6, 6.07) is -1.44. The van der Waals surface area contributed by atoms with Crippen LogP contribution < -0.4 is 4.87 Å². The Morgan fingerprint density at radius 1 is 1.44 bits per heavy atom. The molecule has 135 valence electrons. The van der Waals surface area contributed by atoms with E-state index >= 15 is 0 Å². The van der Waals surface area contributed by atoms with Gasteiger partial charge in [-0.05, 0) is 12.7 Å². The molecule has 1 aromatic rings. The number of carbonyl (C=O) groups is 1. The fraction of sp³-hybridized carbons (Fsp3) is 0.545. The van der Waals surface area contributed by atoms with Gasteiger partial charge in [-0.15, -0.1) is 4.28 Å². The number of hydrogen-bond acceptors (Lipinski definition) is 8. The van der Waals surface area contributed by atoms with Crippen LogP contribution in [0.15, 0.2) is 4.79 Å². The molecule has 2 aliphatic heterocycles. The lowest BCUT2D eigenvalue weighted by molar-refractivity contribution is -0.0308. The predicted octanol–water partition coefficient (Wildman–Crippen LogP) is -0.0122. The molecule has 1 atom stereocenters. The summed E-state index contributed by atoms with van der Waals surface area (Å²) in [5, 5.41) is 7.33. The van der Waals surface area contributed by atoms with Crippen molar-refractivity contribution in [2.24, 2.45) is 0 Å². The summed E-state index contributed by atoms with van der Waals surface area (Å²) in [5.41, 5.74) is 0.633. The van der Waals surface area contributed by atoms with Crippen LogP contribution in [0.3, 0.4) is 0 Å². The van der Waals surface area contributed by atoms with Gasteiger partial charge in [0.25, 0.3) is 0 Å². The average Bonchev–Trinajstić information content (AvgIpc) is 2.97. The molecule has 3 rings (SSSR count). The van der Waals surface area contributed by atoms with Crippen molar-refractivity contribution < 1.29 is 26.7 Å². The summed E-state index contributed by atoms with van der Waals surface area (Å²) in [6.45, 7) is 0.744. The zero-order valence-corrected chi connectivity index (χ0v) is 14.5. The summed E-state index contributed by atoms with van der Waals surface area (Å²) in [6.07, 6.45) is 1.94. The molecule has 1 saturated heterocycles. The van der Waals surface area contributed by atoms with Crippen molar-refractivity contribution >= 4 is 41.6 Å². The summed E-state index contributed by atoms with van der Waals surface area (Å²) in [5.74, 6) is 0. The number of urea groups is 1. The third-order valence-corrected chi connectivity index (χ3v) is 5.32. The van der Waals surface area contributed by atoms with Crippen LogP contribution in [0.4, 0.5) is 4.79 Å². The quantitative estimate of drug-likeness (QED) is 0.209. The zero-order chi connectivity index (χ0) is 18.2. The smallest absolute Gasteiger partial charge is 0.418 e. The van der Waals surface area contributed by atoms with Gasteiger partial charge in [-0.2, -0.15) is 13.5 Å². The lowest BCUT2D eigenvalue weighted by atomic mass is 9.93. The van der Waals surface area contributed by atoms with Gasteiger partial charge in [0.2, 0.25) is 0 Å². The molecule has 0 spiro atoms. The molecular formula is C11H14BN4O7S2. The Morgan fingerprint density at radius 3 is 2.88 bits per heavy atom. The van der Waals surface area contributed by atoms with Crippen LogP contribution in [0.2, 0.25) is 6.32 Å². The van der Waals surface area contributed by atoms with Crippen LogP contribution in [0, 0.1) is 5.41 Å². The summed E-state index contributed by atoms with van der Waals surface area (Å²) in [7, 11) is -3.39. The maximum absolute atomic E-state index is 12.2. The third kappa shape index (κ3) is 3.56. The van der Waals surface area contributed by atoms with E-state index in [-0.39, 0.29) is 18.0 Å². The van der Waals surface area contributed by atoms with E-state index in [9.17, 15) is 18.0 Å². The van der Waals surface area contributed by atoms with Crippen LogP contribution in [0.1, 0.15) is 23.0 Å². The van der Waals surface area contributed by atoms with Crippen molar-refractivity contribution in [2.75, 3.05) is 6.54 Å². The number of rotatable bonds is 8. The van der Waals surface area contributed by atoms with Crippen LogP contribution in [0.25, 0.3) is 0 Å². The van der Waals surface area contributed by atoms with Crippen molar-refractivity contribution in [3.05, 3.63) is 20.2 Å². The maximum Gasteiger partial charge on any atom is 0.418 e. The number of amides is 2. The molecule has 0 aliphatic carbocycles. The number of nitrogens with zero attached hydrogens (tertiary/aromatic N) is 3. The molecule has 1 fully saturated rings. The molecule has 2 N–H and O–H groups in total. The van der Waals surface area contributed by atoms with Crippen molar-refractivity contribution in [2.45, 2.75) is 31.9 Å². The van der Waals surface area contributed by atoms with E-state index in [0.29, 0.717) is 34.9 Å². The highest BCUT2D eigenvalue weighted by Crippen LogP contribution is 2.39. The number of fused-ring (bicyclic) bond motifs is 4. The predicted molar refractivity (Wildman–Crippen MR) is 86.6 cm³/mol. The van der Waals surface area contributed by atoms with Crippen LogP contribution in [0.5, 0.6) is 0 Å². The molecular weight excluding hydrogens is 375 g/mol. The molecule has 1 aromatic heterocycles. The van der Waals surface area contributed by atoms with E-state index in [4.69, 9.17) is 9.96 Å². The number of hydroxylamine groups is 2. The van der Waals surface area contributed by atoms with E-state index in [1.54, 1.807) is 4.57 Å². The molecule has 0 aromatic carbocycles. The first kappa shape index (κ1) is 17.9. The molecule has 2 aliphatic rings. The molecule has 2 amide bonds. The number of thiazole rings is 1. The largest absolute Gasteiger partial charge is 0.556 e. The Morgan fingerprint density at radius 2 is 2.20 bits per heavy atom. The Labute approximate surface area is 147 Å². The van der Waals surface area contributed by atoms with Gasteiger partial charge >= 0.3 is 28.8 Å². The van der Waals surface area contributed by atoms with E-state index in [2.05, 4.69) is 8.94 Å². The second-order valence-electron chi connectivity index (χ2n) is 5.40. The maximum atomic E-state index is 12.2. The summed E-state index contributed by atoms with van der Waals surface area (Å²) >= 11 is 0.929. The minimum absolute atomic E-state index is 0.162. The average molecular weight is 389 g/mol. The Bertz CT molecular complexity index is 851. The Hall–Kier alpha value is -1.90. The molecule has 1 unspecified atom stereocenters. The topological polar surface area (TPSA) is 142 Å². The normalized spacial score (nSPS) is 19.1. The molecule has 1 radical (unpaired) electrons. The van der Waals surface area contributed by atoms with Crippen LogP contribution in [-0.4, -0.2) is 54.0 Å². The third-order valence-electron chi connectivity index (χ3n) is 3.85. The number of aromatic nitrogens is 1. The van der Waals surface area contributed by atoms with E-state index in [1.807, 2.05) is 0 Å². The standard InChI is InChI=1S/C11H14BN4O7S2/c13-6-22-12-2-1-3-15-7-4-14-5-8(9(7)24-11(15)18)16(10(14)17)23-25(19,20)21/h6,8,13H,1-5H2,(H,19,20,21). The molecule has 0 saturated carbocycles. The molecule has 3 heterocycles. The fourth-order valence-electron chi connectivity index (χ4n) is 2.87. The monoisotopic (exact) mass is 389 g/mol. The zero-order valence-electron chi connectivity index (χ0n) is 12.8. The van der Waals surface area contributed by atoms with Crippen molar-refractivity contribution in [1.29, 1.82) is 5.41 Å². The number of carbonyl (C=O) groups excluding carboxylic acids is 1. The molecule has 2 bridgehead atoms. The SMILES string of the molecule is N=CO[B]CCCn1c2c(sc1=O)C1CN(C2)C(=O)N1OS(=O)(=O)O. The Balaban J connectivity index is 1.81. The lowest BCUT2D eigenvalue weighted by Gasteiger charge is -2.22. The number of hydrogen-bond donors (Lipinski definition) is 2. The van der Waals surface area contributed by atoms with Gasteiger partial charge in [0.15, 0.2) is 0 Å². The van der Waals surface area contributed by atoms with E-state index in [0.717, 1.165) is 17.7 Å². The van der Waals surface area contributed by atoms with Gasteiger partial charge in [-0.1, -0.05) is 11.3 Å². The number of nitrogens with one attached hydrogen (secondary N) is 1. The summed E-state index contributed by atoms with van der Waals surface area (Å²) in [4.78, 5) is 26.1. The van der Waals surface area contributed by atoms with Crippen LogP contribution >= 0.6 is 11.3 Å². The van der Waals surface area contributed by atoms with Crippen molar-refractivity contribution in [1.82, 2.24) is 14.5 Å². The van der Waals surface area contributed by atoms with Gasteiger partial charge in [-0.25, -0.2) is 4.79 Å². The van der Waals surface area contributed by atoms with E-state index in [1.165, 1.54) is 12.4 Å².